The summed E-state index contributed by atoms with van der Waals surface area (Å²) in [5.41, 5.74) is 0.0476. The van der Waals surface area contributed by atoms with Crippen molar-refractivity contribution in [1.82, 2.24) is 5.32 Å². The molecule has 4 aliphatic carbocycles. The fourth-order valence-electron chi connectivity index (χ4n) is 9.04. The molecule has 0 spiro atoms. The predicted molar refractivity (Wildman–Crippen MR) is 123 cm³/mol. The smallest absolute Gasteiger partial charge is 0.322 e. The van der Waals surface area contributed by atoms with Crippen molar-refractivity contribution in [3.05, 3.63) is 0 Å². The summed E-state index contributed by atoms with van der Waals surface area (Å²) in [5.74, 6) is 0.340. The zero-order valence-corrected chi connectivity index (χ0v) is 20.4. The fourth-order valence-corrected chi connectivity index (χ4v) is 9.04. The topological polar surface area (TPSA) is 127 Å². The molecule has 0 radical (unpaired) electrons. The number of nitrogens with one attached hydrogen (secondary N) is 1. The first kappa shape index (κ1) is 24.9. The molecule has 0 aliphatic heterocycles. The number of carbonyl (C=O) groups is 2. The Bertz CT molecular complexity index is 759. The molecule has 0 aromatic carbocycles. The summed E-state index contributed by atoms with van der Waals surface area (Å²) in [6.07, 6.45) is 5.74. The average Bonchev–Trinajstić information content (AvgIpc) is 3.12. The number of aliphatic hydroxyl groups is 3. The summed E-state index contributed by atoms with van der Waals surface area (Å²) in [7, 11) is 0. The van der Waals surface area contributed by atoms with Crippen molar-refractivity contribution in [2.45, 2.75) is 96.9 Å². The third kappa shape index (κ3) is 4.23. The van der Waals surface area contributed by atoms with Gasteiger partial charge in [-0.05, 0) is 97.7 Å². The van der Waals surface area contributed by atoms with Crippen LogP contribution in [0.4, 0.5) is 0 Å². The summed E-state index contributed by atoms with van der Waals surface area (Å²) in [6.45, 7) is 6.53. The van der Waals surface area contributed by atoms with Gasteiger partial charge < -0.3 is 25.7 Å². The zero-order chi connectivity index (χ0) is 24.1. The van der Waals surface area contributed by atoms with Crippen LogP contribution in [0.25, 0.3) is 0 Å². The molecule has 1 amide bonds. The van der Waals surface area contributed by atoms with Crippen LogP contribution in [0.15, 0.2) is 0 Å². The second-order valence-corrected chi connectivity index (χ2v) is 12.2. The Balaban J connectivity index is 1.47. The Kier molecular flexibility index (Phi) is 6.89. The van der Waals surface area contributed by atoms with E-state index in [0.717, 1.165) is 44.9 Å². The second kappa shape index (κ2) is 9.12. The van der Waals surface area contributed by atoms with E-state index in [0.29, 0.717) is 36.5 Å². The Morgan fingerprint density at radius 3 is 2.30 bits per heavy atom. The van der Waals surface area contributed by atoms with Gasteiger partial charge in [0.05, 0.1) is 18.3 Å². The van der Waals surface area contributed by atoms with Gasteiger partial charge in [-0.1, -0.05) is 20.8 Å². The van der Waals surface area contributed by atoms with E-state index in [9.17, 15) is 24.9 Å². The molecular weight excluding hydrogens is 422 g/mol. The lowest BCUT2D eigenvalue weighted by atomic mass is 9.43. The van der Waals surface area contributed by atoms with E-state index < -0.39 is 18.2 Å². The van der Waals surface area contributed by atoms with E-state index >= 15 is 0 Å². The molecule has 5 N–H and O–H groups in total. The molecule has 7 heteroatoms. The van der Waals surface area contributed by atoms with Gasteiger partial charge in [-0.25, -0.2) is 0 Å². The number of carbonyl (C=O) groups excluding carboxylic acids is 1. The Morgan fingerprint density at radius 1 is 0.939 bits per heavy atom. The van der Waals surface area contributed by atoms with E-state index in [2.05, 4.69) is 26.1 Å². The van der Waals surface area contributed by atoms with Crippen LogP contribution in [-0.2, 0) is 9.59 Å². The molecule has 4 aliphatic rings. The minimum absolute atomic E-state index is 0.0319. The maximum absolute atomic E-state index is 12.0. The van der Waals surface area contributed by atoms with Crippen molar-refractivity contribution in [1.29, 1.82) is 0 Å². The van der Waals surface area contributed by atoms with Crippen LogP contribution in [0.1, 0.15) is 78.6 Å². The molecule has 0 aromatic heterocycles. The third-order valence-corrected chi connectivity index (χ3v) is 10.7. The van der Waals surface area contributed by atoms with Crippen molar-refractivity contribution in [3.8, 4) is 0 Å². The predicted octanol–water partition coefficient (Wildman–Crippen LogP) is 2.56. The summed E-state index contributed by atoms with van der Waals surface area (Å²) < 4.78 is 0. The van der Waals surface area contributed by atoms with Crippen LogP contribution in [0.5, 0.6) is 0 Å². The standard InChI is InChI=1S/C26H43NO6/c1-14(4-7-20(29)27-13-21(30)31)16-5-6-17-22-18(9-11-25(16,17)2)26(3)10-8-15(28)12-19(26)23(32)24(22)33/h14-19,22-24,28,32-33H,4-13H2,1-3H3,(H,27,29)(H,30,31)/t14-,15-,16+,17-,18-,19+,22-,23+,24-,25-,26-/m1/s1. The van der Waals surface area contributed by atoms with Crippen LogP contribution in [0.2, 0.25) is 0 Å². The highest BCUT2D eigenvalue weighted by molar-refractivity contribution is 5.81. The SMILES string of the molecule is C[C@H](CCC(=O)NCC(=O)O)[C@@H]1CC[C@@H]2[C@H]3[C@@H](O)[C@@H](O)[C@@H]4C[C@H](O)CC[C@]4(C)[C@@H]3CC[C@@]21C. The molecule has 0 unspecified atom stereocenters. The van der Waals surface area contributed by atoms with Crippen LogP contribution < -0.4 is 5.32 Å². The van der Waals surface area contributed by atoms with Gasteiger partial charge in [0.2, 0.25) is 5.91 Å². The van der Waals surface area contributed by atoms with Crippen molar-refractivity contribution < 1.29 is 30.0 Å². The van der Waals surface area contributed by atoms with Gasteiger partial charge in [0.15, 0.2) is 0 Å². The number of rotatable bonds is 6. The fraction of sp³-hybridized carbons (Fsp3) is 0.923. The van der Waals surface area contributed by atoms with E-state index in [1.807, 2.05) is 0 Å². The molecule has 0 heterocycles. The number of aliphatic carboxylic acids is 1. The quantitative estimate of drug-likeness (QED) is 0.410. The molecule has 7 nitrogen and oxygen atoms in total. The molecule has 4 fully saturated rings. The van der Waals surface area contributed by atoms with Crippen LogP contribution in [0.3, 0.4) is 0 Å². The molecule has 4 rings (SSSR count). The Hall–Kier alpha value is -1.18. The Morgan fingerprint density at radius 2 is 1.61 bits per heavy atom. The maximum Gasteiger partial charge on any atom is 0.322 e. The van der Waals surface area contributed by atoms with E-state index in [1.165, 1.54) is 0 Å². The summed E-state index contributed by atoms with van der Waals surface area (Å²) in [4.78, 5) is 22.7. The zero-order valence-electron chi connectivity index (χ0n) is 20.4. The number of hydrogen-bond acceptors (Lipinski definition) is 5. The number of hydrogen-bond donors (Lipinski definition) is 5. The van der Waals surface area contributed by atoms with Crippen molar-refractivity contribution in [3.63, 3.8) is 0 Å². The van der Waals surface area contributed by atoms with Gasteiger partial charge in [0.1, 0.15) is 6.54 Å². The van der Waals surface area contributed by atoms with E-state index in [-0.39, 0.29) is 41.2 Å². The summed E-state index contributed by atoms with van der Waals surface area (Å²) in [5, 5.41) is 44.0. The first-order valence-electron chi connectivity index (χ1n) is 13.0. The molecule has 0 aromatic rings. The van der Waals surface area contributed by atoms with Gasteiger partial charge in [0, 0.05) is 6.42 Å². The molecule has 0 bridgehead atoms. The van der Waals surface area contributed by atoms with E-state index in [4.69, 9.17) is 5.11 Å². The normalized spacial score (nSPS) is 47.7. The molecular formula is C26H43NO6. The largest absolute Gasteiger partial charge is 0.480 e. The first-order valence-corrected chi connectivity index (χ1v) is 13.0. The Labute approximate surface area is 197 Å². The van der Waals surface area contributed by atoms with Crippen LogP contribution in [-0.4, -0.2) is 57.2 Å². The minimum atomic E-state index is -1.03. The highest BCUT2D eigenvalue weighted by Gasteiger charge is 2.65. The van der Waals surface area contributed by atoms with Crippen molar-refractivity contribution in [2.75, 3.05) is 6.54 Å². The van der Waals surface area contributed by atoms with Crippen molar-refractivity contribution in [2.24, 2.45) is 46.3 Å². The number of carboxylic acids is 1. The molecule has 0 saturated heterocycles. The summed E-state index contributed by atoms with van der Waals surface area (Å²) >= 11 is 0. The number of aliphatic hydroxyl groups excluding tert-OH is 3. The summed E-state index contributed by atoms with van der Waals surface area (Å²) in [6, 6.07) is 0. The highest BCUT2D eigenvalue weighted by atomic mass is 16.4. The molecule has 4 saturated carbocycles. The number of fused-ring (bicyclic) bond motifs is 5. The molecule has 33 heavy (non-hydrogen) atoms. The van der Waals surface area contributed by atoms with Crippen LogP contribution in [0, 0.1) is 46.3 Å². The van der Waals surface area contributed by atoms with Crippen LogP contribution >= 0.6 is 0 Å². The minimum Gasteiger partial charge on any atom is -0.480 e. The number of amides is 1. The van der Waals surface area contributed by atoms with Gasteiger partial charge in [-0.2, -0.15) is 0 Å². The lowest BCUT2D eigenvalue weighted by Crippen LogP contribution is -2.64. The number of carboxylic acid groups (broad SMARTS) is 1. The second-order valence-electron chi connectivity index (χ2n) is 12.2. The van der Waals surface area contributed by atoms with Gasteiger partial charge in [-0.15, -0.1) is 0 Å². The lowest BCUT2D eigenvalue weighted by molar-refractivity contribution is -0.223. The average molecular weight is 466 g/mol. The van der Waals surface area contributed by atoms with Gasteiger partial charge >= 0.3 is 5.97 Å². The lowest BCUT2D eigenvalue weighted by Gasteiger charge is -2.63. The third-order valence-electron chi connectivity index (χ3n) is 10.7. The van der Waals surface area contributed by atoms with E-state index in [1.54, 1.807) is 0 Å². The monoisotopic (exact) mass is 465 g/mol. The highest BCUT2D eigenvalue weighted by Crippen LogP contribution is 2.68. The first-order chi connectivity index (χ1) is 15.5. The maximum atomic E-state index is 12.0. The molecule has 188 valence electrons. The van der Waals surface area contributed by atoms with Gasteiger partial charge in [0.25, 0.3) is 0 Å². The van der Waals surface area contributed by atoms with Crippen molar-refractivity contribution >= 4 is 11.9 Å². The van der Waals surface area contributed by atoms with Gasteiger partial charge in [-0.3, -0.25) is 9.59 Å². The molecule has 11 atom stereocenters.